The topological polar surface area (TPSA) is 50.1 Å². The summed E-state index contributed by atoms with van der Waals surface area (Å²) in [6.45, 7) is 5.49. The standard InChI is InChI=1S/C14H16ClNO2/c1-4-18-13(17)14(2,3)12(9-16)10-5-7-11(15)8-6-10/h5-8,12H,4H2,1-3H3. The summed E-state index contributed by atoms with van der Waals surface area (Å²) in [6.07, 6.45) is 0. The summed E-state index contributed by atoms with van der Waals surface area (Å²) in [5, 5.41) is 9.91. The van der Waals surface area contributed by atoms with E-state index in [0.717, 1.165) is 5.56 Å². The fourth-order valence-corrected chi connectivity index (χ4v) is 1.87. The van der Waals surface area contributed by atoms with Gasteiger partial charge in [0.25, 0.3) is 0 Å². The molecule has 1 unspecified atom stereocenters. The van der Waals surface area contributed by atoms with Crippen molar-refractivity contribution in [3.05, 3.63) is 34.9 Å². The molecule has 0 amide bonds. The van der Waals surface area contributed by atoms with Crippen LogP contribution in [0.3, 0.4) is 0 Å². The molecule has 0 bridgehead atoms. The number of carbonyl (C=O) groups is 1. The molecule has 0 saturated carbocycles. The van der Waals surface area contributed by atoms with Crippen molar-refractivity contribution in [2.75, 3.05) is 6.61 Å². The van der Waals surface area contributed by atoms with Crippen molar-refractivity contribution in [1.29, 1.82) is 5.26 Å². The highest BCUT2D eigenvalue weighted by molar-refractivity contribution is 6.30. The Kier molecular flexibility index (Phi) is 4.75. The highest BCUT2D eigenvalue weighted by Gasteiger charge is 2.39. The van der Waals surface area contributed by atoms with E-state index in [2.05, 4.69) is 6.07 Å². The number of ether oxygens (including phenoxy) is 1. The molecule has 0 N–H and O–H groups in total. The van der Waals surface area contributed by atoms with E-state index < -0.39 is 11.3 Å². The third-order valence-corrected chi connectivity index (χ3v) is 3.11. The number of benzene rings is 1. The van der Waals surface area contributed by atoms with Crippen LogP contribution in [0.15, 0.2) is 24.3 Å². The quantitative estimate of drug-likeness (QED) is 0.783. The van der Waals surface area contributed by atoms with Gasteiger partial charge in [0, 0.05) is 5.02 Å². The number of halogens is 1. The van der Waals surface area contributed by atoms with Crippen molar-refractivity contribution in [3.63, 3.8) is 0 Å². The van der Waals surface area contributed by atoms with Crippen LogP contribution in [0.2, 0.25) is 5.02 Å². The lowest BCUT2D eigenvalue weighted by Gasteiger charge is -2.27. The predicted molar refractivity (Wildman–Crippen MR) is 70.2 cm³/mol. The lowest BCUT2D eigenvalue weighted by molar-refractivity contribution is -0.154. The first-order valence-electron chi connectivity index (χ1n) is 5.75. The lowest BCUT2D eigenvalue weighted by Crippen LogP contribution is -2.32. The molecule has 0 heterocycles. The maximum Gasteiger partial charge on any atom is 0.313 e. The molecule has 1 atom stereocenters. The maximum atomic E-state index is 11.9. The average Bonchev–Trinajstić information content (AvgIpc) is 2.32. The number of carbonyl (C=O) groups excluding carboxylic acids is 1. The second-order valence-electron chi connectivity index (χ2n) is 4.56. The van der Waals surface area contributed by atoms with Crippen molar-refractivity contribution >= 4 is 17.6 Å². The van der Waals surface area contributed by atoms with E-state index >= 15 is 0 Å². The van der Waals surface area contributed by atoms with Gasteiger partial charge in [0.15, 0.2) is 0 Å². The van der Waals surface area contributed by atoms with E-state index in [1.807, 2.05) is 0 Å². The van der Waals surface area contributed by atoms with Crippen LogP contribution in [0.25, 0.3) is 0 Å². The summed E-state index contributed by atoms with van der Waals surface area (Å²) in [7, 11) is 0. The van der Waals surface area contributed by atoms with Crippen LogP contribution in [0, 0.1) is 16.7 Å². The third kappa shape index (κ3) is 3.02. The zero-order chi connectivity index (χ0) is 13.8. The average molecular weight is 266 g/mol. The van der Waals surface area contributed by atoms with Crippen LogP contribution < -0.4 is 0 Å². The summed E-state index contributed by atoms with van der Waals surface area (Å²) in [5.74, 6) is -0.930. The van der Waals surface area contributed by atoms with Gasteiger partial charge >= 0.3 is 5.97 Å². The van der Waals surface area contributed by atoms with Gasteiger partial charge in [-0.2, -0.15) is 5.26 Å². The molecule has 18 heavy (non-hydrogen) atoms. The maximum absolute atomic E-state index is 11.9. The van der Waals surface area contributed by atoms with E-state index in [-0.39, 0.29) is 5.97 Å². The summed E-state index contributed by atoms with van der Waals surface area (Å²) in [5.41, 5.74) is -0.126. The van der Waals surface area contributed by atoms with E-state index in [9.17, 15) is 10.1 Å². The van der Waals surface area contributed by atoms with Crippen molar-refractivity contribution < 1.29 is 9.53 Å². The van der Waals surface area contributed by atoms with Gasteiger partial charge in [0.1, 0.15) is 0 Å². The number of rotatable bonds is 4. The third-order valence-electron chi connectivity index (χ3n) is 2.86. The molecule has 0 radical (unpaired) electrons. The van der Waals surface area contributed by atoms with Gasteiger partial charge in [-0.3, -0.25) is 4.79 Å². The molecule has 0 aliphatic rings. The van der Waals surface area contributed by atoms with Crippen molar-refractivity contribution in [2.24, 2.45) is 5.41 Å². The van der Waals surface area contributed by atoms with Gasteiger partial charge in [0.2, 0.25) is 0 Å². The van der Waals surface area contributed by atoms with Gasteiger partial charge in [-0.15, -0.1) is 0 Å². The molecule has 1 aromatic carbocycles. The number of nitrogens with zero attached hydrogens (tertiary/aromatic N) is 1. The molecule has 1 rings (SSSR count). The lowest BCUT2D eigenvalue weighted by atomic mass is 9.76. The Bertz CT molecular complexity index is 460. The second-order valence-corrected chi connectivity index (χ2v) is 4.99. The number of hydrogen-bond acceptors (Lipinski definition) is 3. The summed E-state index contributed by atoms with van der Waals surface area (Å²) in [4.78, 5) is 11.9. The Balaban J connectivity index is 3.06. The molecule has 0 fully saturated rings. The molecule has 0 saturated heterocycles. The molecule has 0 aliphatic carbocycles. The first-order chi connectivity index (χ1) is 8.43. The molecule has 0 spiro atoms. The molecule has 0 aliphatic heterocycles. The molecule has 4 heteroatoms. The van der Waals surface area contributed by atoms with Crippen LogP contribution in [-0.2, 0) is 9.53 Å². The van der Waals surface area contributed by atoms with Crippen LogP contribution in [0.5, 0.6) is 0 Å². The minimum absolute atomic E-state index is 0.307. The van der Waals surface area contributed by atoms with Crippen molar-refractivity contribution in [2.45, 2.75) is 26.7 Å². The highest BCUT2D eigenvalue weighted by Crippen LogP contribution is 2.36. The Morgan fingerprint density at radius 2 is 2.00 bits per heavy atom. The van der Waals surface area contributed by atoms with Gasteiger partial charge in [-0.05, 0) is 38.5 Å². The monoisotopic (exact) mass is 265 g/mol. The fraction of sp³-hybridized carbons (Fsp3) is 0.429. The molecular weight excluding hydrogens is 250 g/mol. The Morgan fingerprint density at radius 1 is 1.44 bits per heavy atom. The summed E-state index contributed by atoms with van der Waals surface area (Å²) in [6, 6.07) is 9.12. The van der Waals surface area contributed by atoms with E-state index in [1.165, 1.54) is 0 Å². The normalized spacial score (nSPS) is 12.6. The SMILES string of the molecule is CCOC(=O)C(C)(C)C(C#N)c1ccc(Cl)cc1. The van der Waals surface area contributed by atoms with Gasteiger partial charge in [-0.25, -0.2) is 0 Å². The molecule has 3 nitrogen and oxygen atoms in total. The minimum atomic E-state index is -0.890. The molecular formula is C14H16ClNO2. The fourth-order valence-electron chi connectivity index (χ4n) is 1.74. The van der Waals surface area contributed by atoms with Crippen molar-refractivity contribution in [1.82, 2.24) is 0 Å². The predicted octanol–water partition coefficient (Wildman–Crippen LogP) is 3.54. The van der Waals surface area contributed by atoms with Gasteiger partial charge < -0.3 is 4.74 Å². The summed E-state index contributed by atoms with van der Waals surface area (Å²) >= 11 is 5.81. The van der Waals surface area contributed by atoms with Crippen LogP contribution >= 0.6 is 11.6 Å². The number of hydrogen-bond donors (Lipinski definition) is 0. The zero-order valence-corrected chi connectivity index (χ0v) is 11.5. The smallest absolute Gasteiger partial charge is 0.313 e. The van der Waals surface area contributed by atoms with Gasteiger partial charge in [0.05, 0.1) is 24.0 Å². The second kappa shape index (κ2) is 5.88. The summed E-state index contributed by atoms with van der Waals surface area (Å²) < 4.78 is 5.02. The minimum Gasteiger partial charge on any atom is -0.466 e. The number of esters is 1. The van der Waals surface area contributed by atoms with Crippen molar-refractivity contribution in [3.8, 4) is 6.07 Å². The first-order valence-corrected chi connectivity index (χ1v) is 6.13. The Labute approximate surface area is 112 Å². The first kappa shape index (κ1) is 14.5. The molecule has 0 aromatic heterocycles. The number of nitriles is 1. The van der Waals surface area contributed by atoms with Crippen LogP contribution in [0.4, 0.5) is 0 Å². The zero-order valence-electron chi connectivity index (χ0n) is 10.7. The molecule has 1 aromatic rings. The Hall–Kier alpha value is -1.53. The molecule has 96 valence electrons. The largest absolute Gasteiger partial charge is 0.466 e. The van der Waals surface area contributed by atoms with Crippen LogP contribution in [-0.4, -0.2) is 12.6 Å². The Morgan fingerprint density at radius 3 is 2.44 bits per heavy atom. The van der Waals surface area contributed by atoms with Crippen LogP contribution in [0.1, 0.15) is 32.3 Å². The van der Waals surface area contributed by atoms with Gasteiger partial charge in [-0.1, -0.05) is 23.7 Å². The van der Waals surface area contributed by atoms with E-state index in [0.29, 0.717) is 11.6 Å². The highest BCUT2D eigenvalue weighted by atomic mass is 35.5. The van der Waals surface area contributed by atoms with E-state index in [4.69, 9.17) is 16.3 Å². The van der Waals surface area contributed by atoms with E-state index in [1.54, 1.807) is 45.0 Å².